The fraction of sp³-hybridized carbons (Fsp3) is 0.588. The Balaban J connectivity index is 2.13. The van der Waals surface area contributed by atoms with E-state index < -0.39 is 0 Å². The SMILES string of the molecule is CCN(Cc1cccc(C)c1)C(=O)C1(CC)CCNC1. The van der Waals surface area contributed by atoms with Crippen LogP contribution in [0.1, 0.15) is 37.8 Å². The highest BCUT2D eigenvalue weighted by Gasteiger charge is 2.41. The van der Waals surface area contributed by atoms with E-state index in [4.69, 9.17) is 0 Å². The highest BCUT2D eigenvalue weighted by Crippen LogP contribution is 2.32. The topological polar surface area (TPSA) is 32.3 Å². The van der Waals surface area contributed by atoms with Crippen molar-refractivity contribution in [1.29, 1.82) is 0 Å². The molecule has 1 aliphatic heterocycles. The quantitative estimate of drug-likeness (QED) is 0.895. The molecule has 1 saturated heterocycles. The van der Waals surface area contributed by atoms with Gasteiger partial charge in [0.2, 0.25) is 5.91 Å². The van der Waals surface area contributed by atoms with Crippen LogP contribution in [0.4, 0.5) is 0 Å². The minimum atomic E-state index is -0.181. The number of nitrogens with zero attached hydrogens (tertiary/aromatic N) is 1. The summed E-state index contributed by atoms with van der Waals surface area (Å²) < 4.78 is 0. The van der Waals surface area contributed by atoms with E-state index in [1.54, 1.807) is 0 Å². The van der Waals surface area contributed by atoms with Gasteiger partial charge in [-0.25, -0.2) is 0 Å². The number of nitrogens with one attached hydrogen (secondary N) is 1. The van der Waals surface area contributed by atoms with Crippen molar-refractivity contribution in [3.8, 4) is 0 Å². The molecule has 1 aliphatic rings. The van der Waals surface area contributed by atoms with Crippen LogP contribution in [0.15, 0.2) is 24.3 Å². The fourth-order valence-electron chi connectivity index (χ4n) is 3.07. The van der Waals surface area contributed by atoms with Crippen molar-refractivity contribution in [2.24, 2.45) is 5.41 Å². The number of hydrogen-bond donors (Lipinski definition) is 1. The lowest BCUT2D eigenvalue weighted by molar-refractivity contribution is -0.141. The third kappa shape index (κ3) is 3.04. The Morgan fingerprint density at radius 3 is 2.75 bits per heavy atom. The van der Waals surface area contributed by atoms with Crippen LogP contribution in [0.5, 0.6) is 0 Å². The van der Waals surface area contributed by atoms with Gasteiger partial charge in [-0.3, -0.25) is 4.79 Å². The molecule has 1 amide bonds. The summed E-state index contributed by atoms with van der Waals surface area (Å²) >= 11 is 0. The zero-order valence-electron chi connectivity index (χ0n) is 12.9. The van der Waals surface area contributed by atoms with Gasteiger partial charge in [-0.05, 0) is 38.8 Å². The maximum absolute atomic E-state index is 12.9. The van der Waals surface area contributed by atoms with Crippen LogP contribution < -0.4 is 5.32 Å². The summed E-state index contributed by atoms with van der Waals surface area (Å²) in [6.45, 7) is 9.57. The van der Waals surface area contributed by atoms with Gasteiger partial charge >= 0.3 is 0 Å². The van der Waals surface area contributed by atoms with Crippen LogP contribution in [0.25, 0.3) is 0 Å². The second-order valence-electron chi connectivity index (χ2n) is 5.87. The average Bonchev–Trinajstić information content (AvgIpc) is 2.94. The van der Waals surface area contributed by atoms with Crippen molar-refractivity contribution in [2.45, 2.75) is 40.2 Å². The van der Waals surface area contributed by atoms with Crippen LogP contribution in [-0.2, 0) is 11.3 Å². The fourth-order valence-corrected chi connectivity index (χ4v) is 3.07. The number of hydrogen-bond acceptors (Lipinski definition) is 2. The van der Waals surface area contributed by atoms with Gasteiger partial charge in [0.05, 0.1) is 5.41 Å². The van der Waals surface area contributed by atoms with Crippen LogP contribution >= 0.6 is 0 Å². The molecule has 0 saturated carbocycles. The van der Waals surface area contributed by atoms with Gasteiger partial charge in [-0.15, -0.1) is 0 Å². The molecule has 1 aromatic rings. The first kappa shape index (κ1) is 15.0. The molecule has 1 heterocycles. The van der Waals surface area contributed by atoms with Crippen molar-refractivity contribution >= 4 is 5.91 Å². The lowest BCUT2D eigenvalue weighted by atomic mass is 9.82. The van der Waals surface area contributed by atoms with E-state index in [9.17, 15) is 4.79 Å². The van der Waals surface area contributed by atoms with Crippen molar-refractivity contribution in [1.82, 2.24) is 10.2 Å². The van der Waals surface area contributed by atoms with E-state index in [0.29, 0.717) is 5.91 Å². The predicted octanol–water partition coefficient (Wildman–Crippen LogP) is 2.73. The average molecular weight is 274 g/mol. The van der Waals surface area contributed by atoms with E-state index in [1.807, 2.05) is 4.90 Å². The minimum absolute atomic E-state index is 0.181. The summed E-state index contributed by atoms with van der Waals surface area (Å²) in [5, 5.41) is 3.35. The van der Waals surface area contributed by atoms with Gasteiger partial charge in [-0.1, -0.05) is 36.8 Å². The standard InChI is InChI=1S/C17H26N2O/c1-4-17(9-10-18-13-17)16(20)19(5-2)12-15-8-6-7-14(3)11-15/h6-8,11,18H,4-5,9-10,12-13H2,1-3H3. The van der Waals surface area contributed by atoms with Gasteiger partial charge in [0.15, 0.2) is 0 Å². The lowest BCUT2D eigenvalue weighted by Crippen LogP contribution is -2.44. The Kier molecular flexibility index (Phi) is 4.81. The molecule has 3 heteroatoms. The van der Waals surface area contributed by atoms with E-state index in [2.05, 4.69) is 50.4 Å². The first-order valence-electron chi connectivity index (χ1n) is 7.67. The van der Waals surface area contributed by atoms with Crippen molar-refractivity contribution in [2.75, 3.05) is 19.6 Å². The number of rotatable bonds is 5. The maximum atomic E-state index is 12.9. The Labute approximate surface area is 122 Å². The summed E-state index contributed by atoms with van der Waals surface area (Å²) in [6.07, 6.45) is 1.88. The first-order valence-corrected chi connectivity index (χ1v) is 7.67. The van der Waals surface area contributed by atoms with E-state index >= 15 is 0 Å². The number of carbonyl (C=O) groups is 1. The number of amides is 1. The molecule has 0 aromatic heterocycles. The molecule has 1 aromatic carbocycles. The van der Waals surface area contributed by atoms with Crippen molar-refractivity contribution in [3.63, 3.8) is 0 Å². The van der Waals surface area contributed by atoms with E-state index in [0.717, 1.165) is 39.0 Å². The van der Waals surface area contributed by atoms with Crippen LogP contribution in [0, 0.1) is 12.3 Å². The van der Waals surface area contributed by atoms with Crippen molar-refractivity contribution < 1.29 is 4.79 Å². The molecular formula is C17H26N2O. The van der Waals surface area contributed by atoms with Crippen molar-refractivity contribution in [3.05, 3.63) is 35.4 Å². The number of carbonyl (C=O) groups excluding carboxylic acids is 1. The summed E-state index contributed by atoms with van der Waals surface area (Å²) in [5.41, 5.74) is 2.29. The first-order chi connectivity index (χ1) is 9.61. The third-order valence-corrected chi connectivity index (χ3v) is 4.50. The smallest absolute Gasteiger partial charge is 0.230 e. The molecule has 1 atom stereocenters. The number of benzene rings is 1. The Hall–Kier alpha value is -1.35. The molecule has 1 unspecified atom stereocenters. The Morgan fingerprint density at radius 1 is 1.40 bits per heavy atom. The summed E-state index contributed by atoms with van der Waals surface area (Å²) in [5.74, 6) is 0.314. The van der Waals surface area contributed by atoms with Gasteiger partial charge in [0, 0.05) is 19.6 Å². The van der Waals surface area contributed by atoms with E-state index in [1.165, 1.54) is 11.1 Å². The molecule has 110 valence electrons. The maximum Gasteiger partial charge on any atom is 0.230 e. The molecule has 1 fully saturated rings. The summed E-state index contributed by atoms with van der Waals surface area (Å²) in [6, 6.07) is 8.43. The molecule has 0 aliphatic carbocycles. The molecule has 2 rings (SSSR count). The summed E-state index contributed by atoms with van der Waals surface area (Å²) in [4.78, 5) is 14.9. The highest BCUT2D eigenvalue weighted by atomic mass is 16.2. The third-order valence-electron chi connectivity index (χ3n) is 4.50. The predicted molar refractivity (Wildman–Crippen MR) is 82.5 cm³/mol. The van der Waals surface area contributed by atoms with Gasteiger partial charge in [-0.2, -0.15) is 0 Å². The second-order valence-corrected chi connectivity index (χ2v) is 5.87. The Bertz CT molecular complexity index is 464. The van der Waals surface area contributed by atoms with Gasteiger partial charge in [0.1, 0.15) is 0 Å². The van der Waals surface area contributed by atoms with Gasteiger partial charge in [0.25, 0.3) is 0 Å². The van der Waals surface area contributed by atoms with Crippen LogP contribution in [0.2, 0.25) is 0 Å². The van der Waals surface area contributed by atoms with Gasteiger partial charge < -0.3 is 10.2 Å². The zero-order chi connectivity index (χ0) is 14.6. The monoisotopic (exact) mass is 274 g/mol. The normalized spacial score (nSPS) is 21.9. The molecule has 0 bridgehead atoms. The Morgan fingerprint density at radius 2 is 2.20 bits per heavy atom. The van der Waals surface area contributed by atoms with Crippen LogP contribution in [-0.4, -0.2) is 30.4 Å². The van der Waals surface area contributed by atoms with E-state index in [-0.39, 0.29) is 5.41 Å². The molecule has 20 heavy (non-hydrogen) atoms. The number of aryl methyl sites for hydroxylation is 1. The molecule has 0 spiro atoms. The molecular weight excluding hydrogens is 248 g/mol. The largest absolute Gasteiger partial charge is 0.338 e. The lowest BCUT2D eigenvalue weighted by Gasteiger charge is -2.32. The molecule has 1 N–H and O–H groups in total. The molecule has 0 radical (unpaired) electrons. The second kappa shape index (κ2) is 6.40. The highest BCUT2D eigenvalue weighted by molar-refractivity contribution is 5.83. The zero-order valence-corrected chi connectivity index (χ0v) is 12.9. The van der Waals surface area contributed by atoms with Crippen LogP contribution in [0.3, 0.4) is 0 Å². The molecule has 3 nitrogen and oxygen atoms in total. The summed E-state index contributed by atoms with van der Waals surface area (Å²) in [7, 11) is 0. The minimum Gasteiger partial charge on any atom is -0.338 e.